The highest BCUT2D eigenvalue weighted by Crippen LogP contribution is 2.34. The number of ether oxygens (including phenoxy) is 1. The van der Waals surface area contributed by atoms with Crippen LogP contribution in [0.25, 0.3) is 0 Å². The van der Waals surface area contributed by atoms with E-state index in [1.807, 2.05) is 0 Å². The highest BCUT2D eigenvalue weighted by atomic mass is 32.3. The molecule has 26 heavy (non-hydrogen) atoms. The zero-order chi connectivity index (χ0) is 18.2. The zero-order valence-corrected chi connectivity index (χ0v) is 14.8. The van der Waals surface area contributed by atoms with Gasteiger partial charge in [-0.1, -0.05) is 16.3 Å². The van der Waals surface area contributed by atoms with Crippen molar-refractivity contribution in [1.29, 1.82) is 0 Å². The molecule has 2 aromatic rings. The van der Waals surface area contributed by atoms with Crippen molar-refractivity contribution in [2.45, 2.75) is 23.3 Å². The van der Waals surface area contributed by atoms with Gasteiger partial charge in [-0.15, -0.1) is 4.72 Å². The van der Waals surface area contributed by atoms with Gasteiger partial charge in [0.25, 0.3) is 5.91 Å². The monoisotopic (exact) mass is 374 g/mol. The van der Waals surface area contributed by atoms with Crippen molar-refractivity contribution in [3.8, 4) is 5.75 Å². The molecule has 0 radical (unpaired) electrons. The van der Waals surface area contributed by atoms with Gasteiger partial charge in [0.15, 0.2) is 16.1 Å². The number of nitrogens with one attached hydrogen (secondary N) is 1. The summed E-state index contributed by atoms with van der Waals surface area (Å²) in [6, 6.07) is 6.54. The molecule has 8 nitrogen and oxygen atoms in total. The quantitative estimate of drug-likeness (QED) is 0.747. The number of benzene rings is 1. The molecule has 0 saturated carbocycles. The molecule has 1 spiro atoms. The molecule has 1 aromatic heterocycles. The van der Waals surface area contributed by atoms with Crippen molar-refractivity contribution in [2.24, 2.45) is 0 Å². The number of para-hydroxylation sites is 1. The third-order valence-corrected chi connectivity index (χ3v) is 6.26. The molecular weight excluding hydrogens is 356 g/mol. The van der Waals surface area contributed by atoms with Crippen molar-refractivity contribution in [3.63, 3.8) is 0 Å². The van der Waals surface area contributed by atoms with Gasteiger partial charge in [0.1, 0.15) is 17.8 Å². The average Bonchev–Trinajstić information content (AvgIpc) is 2.76. The van der Waals surface area contributed by atoms with E-state index in [2.05, 4.69) is 14.7 Å². The summed E-state index contributed by atoms with van der Waals surface area (Å²) >= 11 is 0. The first-order valence-electron chi connectivity index (χ1n) is 8.30. The Labute approximate surface area is 152 Å². The maximum atomic E-state index is 12.8. The summed E-state index contributed by atoms with van der Waals surface area (Å²) in [6.45, 7) is 0.912. The lowest BCUT2D eigenvalue weighted by Gasteiger charge is -2.41. The summed E-state index contributed by atoms with van der Waals surface area (Å²) in [7, 11) is -3.74. The number of hydrogen-bond donors (Lipinski definition) is 1. The van der Waals surface area contributed by atoms with Crippen LogP contribution in [0.3, 0.4) is 0 Å². The summed E-state index contributed by atoms with van der Waals surface area (Å²) in [4.78, 5) is 22.4. The van der Waals surface area contributed by atoms with Crippen LogP contribution in [-0.4, -0.2) is 50.6 Å². The minimum Gasteiger partial charge on any atom is -0.593 e. The maximum absolute atomic E-state index is 12.8. The molecule has 0 bridgehead atoms. The molecule has 9 heteroatoms. The SMILES string of the molecule is O=C(c1cnccn1)N1CCCC2(COc3ccccc3[S+](=O)([O-])N2)C1. The highest BCUT2D eigenvalue weighted by Gasteiger charge is 2.47. The van der Waals surface area contributed by atoms with Crippen LogP contribution in [0.2, 0.25) is 0 Å². The molecule has 1 amide bonds. The minimum absolute atomic E-state index is 0.120. The van der Waals surface area contributed by atoms with Crippen molar-refractivity contribution in [1.82, 2.24) is 19.6 Å². The van der Waals surface area contributed by atoms with Gasteiger partial charge in [-0.2, -0.15) is 0 Å². The third kappa shape index (κ3) is 3.09. The number of piperidine rings is 1. The van der Waals surface area contributed by atoms with Gasteiger partial charge in [-0.05, 0) is 25.0 Å². The second-order valence-corrected chi connectivity index (χ2v) is 8.19. The summed E-state index contributed by atoms with van der Waals surface area (Å²) < 4.78 is 34.2. The van der Waals surface area contributed by atoms with E-state index in [1.165, 1.54) is 24.7 Å². The lowest BCUT2D eigenvalue weighted by molar-refractivity contribution is 0.0546. The fourth-order valence-electron chi connectivity index (χ4n) is 3.45. The number of carbonyl (C=O) groups excluding carboxylic acids is 1. The number of aromatic nitrogens is 2. The Morgan fingerprint density at radius 3 is 3.00 bits per heavy atom. The highest BCUT2D eigenvalue weighted by molar-refractivity contribution is 7.96. The molecule has 2 unspecified atom stereocenters. The number of fused-ring (bicyclic) bond motifs is 1. The van der Waals surface area contributed by atoms with Gasteiger partial charge in [0, 0.05) is 25.5 Å². The van der Waals surface area contributed by atoms with E-state index in [9.17, 15) is 13.6 Å². The Balaban J connectivity index is 1.61. The van der Waals surface area contributed by atoms with Crippen LogP contribution in [0.15, 0.2) is 47.8 Å². The number of sulfonamides is 1. The van der Waals surface area contributed by atoms with Crippen LogP contribution >= 0.6 is 0 Å². The largest absolute Gasteiger partial charge is 0.593 e. The molecule has 1 aromatic carbocycles. The Morgan fingerprint density at radius 2 is 2.19 bits per heavy atom. The Bertz CT molecular complexity index is 878. The predicted molar refractivity (Wildman–Crippen MR) is 92.1 cm³/mol. The Hall–Kier alpha value is -2.36. The van der Waals surface area contributed by atoms with E-state index in [0.717, 1.165) is 0 Å². The summed E-state index contributed by atoms with van der Waals surface area (Å²) in [5.41, 5.74) is -0.626. The second kappa shape index (κ2) is 6.42. The van der Waals surface area contributed by atoms with Crippen LogP contribution in [-0.2, 0) is 14.6 Å². The number of nitrogens with zero attached hydrogens (tertiary/aromatic N) is 3. The molecule has 2 aliphatic rings. The smallest absolute Gasteiger partial charge is 0.274 e. The average molecular weight is 374 g/mol. The van der Waals surface area contributed by atoms with Crippen molar-refractivity contribution >= 4 is 16.3 Å². The van der Waals surface area contributed by atoms with E-state index in [0.29, 0.717) is 25.1 Å². The van der Waals surface area contributed by atoms with Crippen molar-refractivity contribution in [2.75, 3.05) is 19.7 Å². The molecule has 136 valence electrons. The standard InChI is InChI=1S/C17H18N4O4S/c22-16(13-10-18-7-8-19-13)21-9-3-6-17(11-21)12-25-14-4-1-2-5-15(14)26(23,24)20-17/h1-2,4-5,7-8,10H,3,6,9,11-12H2,(H-,20,23,24). The van der Waals surface area contributed by atoms with Gasteiger partial charge < -0.3 is 14.2 Å². The first-order valence-corrected chi connectivity index (χ1v) is 9.79. The van der Waals surface area contributed by atoms with Crippen LogP contribution < -0.4 is 9.46 Å². The number of rotatable bonds is 1. The van der Waals surface area contributed by atoms with E-state index < -0.39 is 15.9 Å². The van der Waals surface area contributed by atoms with Crippen molar-refractivity contribution in [3.05, 3.63) is 48.5 Å². The Morgan fingerprint density at radius 1 is 1.35 bits per heavy atom. The number of hydrogen-bond acceptors (Lipinski definition) is 6. The van der Waals surface area contributed by atoms with E-state index >= 15 is 0 Å². The maximum Gasteiger partial charge on any atom is 0.274 e. The van der Waals surface area contributed by atoms with E-state index in [4.69, 9.17) is 4.74 Å². The molecule has 3 heterocycles. The Kier molecular flexibility index (Phi) is 4.22. The number of carbonyl (C=O) groups is 1. The molecule has 4 rings (SSSR count). The molecule has 1 fully saturated rings. The molecule has 1 N–H and O–H groups in total. The third-order valence-electron chi connectivity index (χ3n) is 4.64. The van der Waals surface area contributed by atoms with Gasteiger partial charge in [-0.3, -0.25) is 9.78 Å². The number of likely N-dealkylation sites (tertiary alicyclic amines) is 1. The second-order valence-electron chi connectivity index (χ2n) is 6.54. The van der Waals surface area contributed by atoms with Gasteiger partial charge in [0.05, 0.1) is 6.20 Å². The first kappa shape index (κ1) is 17.1. The summed E-state index contributed by atoms with van der Waals surface area (Å²) in [5.74, 6) is 0.0624. The van der Waals surface area contributed by atoms with Gasteiger partial charge in [-0.25, -0.2) is 4.98 Å². The minimum atomic E-state index is -3.74. The lowest BCUT2D eigenvalue weighted by atomic mass is 9.90. The topological polar surface area (TPSA) is 107 Å². The number of amides is 1. The molecule has 2 atom stereocenters. The van der Waals surface area contributed by atoms with E-state index in [1.54, 1.807) is 23.1 Å². The van der Waals surface area contributed by atoms with Crippen LogP contribution in [0.5, 0.6) is 5.75 Å². The molecule has 0 aliphatic carbocycles. The lowest BCUT2D eigenvalue weighted by Crippen LogP contribution is -2.62. The summed E-state index contributed by atoms with van der Waals surface area (Å²) in [5, 5.41) is 0. The molecule has 2 aliphatic heterocycles. The van der Waals surface area contributed by atoms with E-state index in [-0.39, 0.29) is 29.6 Å². The first-order chi connectivity index (χ1) is 12.5. The molecule has 1 saturated heterocycles. The fraction of sp³-hybridized carbons (Fsp3) is 0.353. The van der Waals surface area contributed by atoms with Crippen LogP contribution in [0, 0.1) is 0 Å². The van der Waals surface area contributed by atoms with Gasteiger partial charge >= 0.3 is 0 Å². The normalized spacial score (nSPS) is 28.1. The molecular formula is C17H18N4O4S. The predicted octanol–water partition coefficient (Wildman–Crippen LogP) is 1.04. The summed E-state index contributed by atoms with van der Waals surface area (Å²) in [6.07, 6.45) is 5.62. The van der Waals surface area contributed by atoms with Crippen LogP contribution in [0.1, 0.15) is 23.3 Å². The van der Waals surface area contributed by atoms with Crippen LogP contribution in [0.4, 0.5) is 0 Å². The fourth-order valence-corrected chi connectivity index (χ4v) is 5.01. The zero-order valence-electron chi connectivity index (χ0n) is 14.0. The van der Waals surface area contributed by atoms with Crippen molar-refractivity contribution < 1.29 is 18.3 Å². The van der Waals surface area contributed by atoms with Gasteiger partial charge in [0.2, 0.25) is 4.90 Å².